The molecule has 0 aliphatic carbocycles. The van der Waals surface area contributed by atoms with E-state index in [1.54, 1.807) is 9.80 Å². The number of rotatable bonds is 3. The van der Waals surface area contributed by atoms with Crippen molar-refractivity contribution in [3.05, 3.63) is 88.5 Å². The third-order valence-corrected chi connectivity index (χ3v) is 5.59. The summed E-state index contributed by atoms with van der Waals surface area (Å²) in [5.41, 5.74) is 2.58. The quantitative estimate of drug-likeness (QED) is 0.632. The van der Waals surface area contributed by atoms with Gasteiger partial charge in [0.1, 0.15) is 5.82 Å². The molecule has 154 valence electrons. The van der Waals surface area contributed by atoms with Crippen molar-refractivity contribution in [1.29, 1.82) is 0 Å². The second-order valence-corrected chi connectivity index (χ2v) is 7.74. The summed E-state index contributed by atoms with van der Waals surface area (Å²) in [7, 11) is 0. The van der Waals surface area contributed by atoms with Gasteiger partial charge in [0.05, 0.1) is 5.56 Å². The molecule has 4 rings (SSSR count). The predicted octanol–water partition coefficient (Wildman–Crippen LogP) is 4.18. The van der Waals surface area contributed by atoms with Crippen molar-refractivity contribution in [1.82, 2.24) is 14.4 Å². The number of amides is 2. The van der Waals surface area contributed by atoms with Crippen molar-refractivity contribution < 1.29 is 14.0 Å². The van der Waals surface area contributed by atoms with Crippen LogP contribution in [0.3, 0.4) is 0 Å². The molecular formula is C23H21ClFN3O2. The lowest BCUT2D eigenvalue weighted by atomic mass is 10.1. The molecule has 30 heavy (non-hydrogen) atoms. The monoisotopic (exact) mass is 425 g/mol. The Kier molecular flexibility index (Phi) is 5.59. The van der Waals surface area contributed by atoms with E-state index in [0.29, 0.717) is 36.8 Å². The van der Waals surface area contributed by atoms with E-state index in [-0.39, 0.29) is 11.5 Å². The fraction of sp³-hybridized carbons (Fsp3) is 0.217. The second kappa shape index (κ2) is 8.32. The van der Waals surface area contributed by atoms with Crippen LogP contribution in [0, 0.1) is 12.7 Å². The van der Waals surface area contributed by atoms with Crippen LogP contribution in [0.4, 0.5) is 4.39 Å². The van der Waals surface area contributed by atoms with Crippen LogP contribution in [0.25, 0.3) is 5.69 Å². The molecule has 7 heteroatoms. The fourth-order valence-corrected chi connectivity index (χ4v) is 3.81. The molecule has 1 aromatic heterocycles. The molecule has 2 aromatic carbocycles. The van der Waals surface area contributed by atoms with Crippen LogP contribution in [0.5, 0.6) is 0 Å². The molecule has 0 N–H and O–H groups in total. The number of aromatic nitrogens is 1. The average Bonchev–Trinajstić information content (AvgIpc) is 3.29. The van der Waals surface area contributed by atoms with Crippen LogP contribution in [-0.2, 0) is 0 Å². The van der Waals surface area contributed by atoms with Crippen molar-refractivity contribution in [2.45, 2.75) is 6.92 Å². The molecule has 0 saturated carbocycles. The Hall–Kier alpha value is -3.12. The summed E-state index contributed by atoms with van der Waals surface area (Å²) < 4.78 is 16.0. The number of nitrogens with zero attached hydrogens (tertiary/aromatic N) is 3. The van der Waals surface area contributed by atoms with Gasteiger partial charge >= 0.3 is 0 Å². The van der Waals surface area contributed by atoms with Crippen molar-refractivity contribution in [2.24, 2.45) is 0 Å². The molecule has 2 amide bonds. The number of hydrogen-bond donors (Lipinski definition) is 0. The topological polar surface area (TPSA) is 45.6 Å². The van der Waals surface area contributed by atoms with E-state index >= 15 is 0 Å². The van der Waals surface area contributed by atoms with E-state index in [2.05, 4.69) is 0 Å². The smallest absolute Gasteiger partial charge is 0.257 e. The van der Waals surface area contributed by atoms with Crippen molar-refractivity contribution in [3.8, 4) is 5.69 Å². The Bertz CT molecular complexity index is 1090. The molecule has 1 saturated heterocycles. The first-order valence-electron chi connectivity index (χ1n) is 9.71. The first kappa shape index (κ1) is 20.2. The lowest BCUT2D eigenvalue weighted by Gasteiger charge is -2.35. The SMILES string of the molecule is Cc1ccc(C(=O)N2CCN(C(=O)c3cc(Cl)ccc3F)CC2)cc1-n1cccc1. The van der Waals surface area contributed by atoms with Gasteiger partial charge in [-0.15, -0.1) is 0 Å². The van der Waals surface area contributed by atoms with E-state index in [0.717, 1.165) is 11.3 Å². The van der Waals surface area contributed by atoms with Crippen LogP contribution < -0.4 is 0 Å². The summed E-state index contributed by atoms with van der Waals surface area (Å²) in [5, 5.41) is 0.312. The van der Waals surface area contributed by atoms with Crippen molar-refractivity contribution in [2.75, 3.05) is 26.2 Å². The maximum absolute atomic E-state index is 14.0. The van der Waals surface area contributed by atoms with Gasteiger partial charge in [0, 0.05) is 54.8 Å². The van der Waals surface area contributed by atoms with Gasteiger partial charge in [-0.05, 0) is 55.0 Å². The highest BCUT2D eigenvalue weighted by Crippen LogP contribution is 2.20. The van der Waals surface area contributed by atoms with Crippen LogP contribution in [-0.4, -0.2) is 52.4 Å². The van der Waals surface area contributed by atoms with Gasteiger partial charge in [0.25, 0.3) is 11.8 Å². The molecule has 2 heterocycles. The molecule has 0 atom stereocenters. The lowest BCUT2D eigenvalue weighted by Crippen LogP contribution is -2.50. The number of aryl methyl sites for hydroxylation is 1. The predicted molar refractivity (Wildman–Crippen MR) is 114 cm³/mol. The molecule has 0 radical (unpaired) electrons. The number of hydrogen-bond acceptors (Lipinski definition) is 2. The highest BCUT2D eigenvalue weighted by Gasteiger charge is 2.27. The molecule has 0 spiro atoms. The first-order chi connectivity index (χ1) is 14.4. The molecule has 1 aliphatic heterocycles. The van der Waals surface area contributed by atoms with Gasteiger partial charge in [-0.1, -0.05) is 17.7 Å². The van der Waals surface area contributed by atoms with Gasteiger partial charge in [-0.25, -0.2) is 4.39 Å². The minimum Gasteiger partial charge on any atom is -0.335 e. The van der Waals surface area contributed by atoms with Gasteiger partial charge < -0.3 is 14.4 Å². The Morgan fingerprint density at radius 1 is 0.900 bits per heavy atom. The standard InChI is InChI=1S/C23H21ClFN3O2/c1-16-4-5-17(14-21(16)26-8-2-3-9-26)22(29)27-10-12-28(13-11-27)23(30)19-15-18(24)6-7-20(19)25/h2-9,14-15H,10-13H2,1H3. The number of carbonyl (C=O) groups is 2. The maximum Gasteiger partial charge on any atom is 0.257 e. The molecule has 0 unspecified atom stereocenters. The third kappa shape index (κ3) is 3.96. The van der Waals surface area contributed by atoms with E-state index in [9.17, 15) is 14.0 Å². The van der Waals surface area contributed by atoms with Crippen LogP contribution in [0.2, 0.25) is 5.02 Å². The summed E-state index contributed by atoms with van der Waals surface area (Å²) in [6.45, 7) is 3.46. The summed E-state index contributed by atoms with van der Waals surface area (Å²) in [6.07, 6.45) is 3.88. The van der Waals surface area contributed by atoms with Gasteiger partial charge in [0.2, 0.25) is 0 Å². The van der Waals surface area contributed by atoms with E-state index in [4.69, 9.17) is 11.6 Å². The average molecular weight is 426 g/mol. The zero-order valence-corrected chi connectivity index (χ0v) is 17.3. The van der Waals surface area contributed by atoms with Crippen molar-refractivity contribution >= 4 is 23.4 Å². The van der Waals surface area contributed by atoms with E-state index in [1.807, 2.05) is 54.2 Å². The minimum absolute atomic E-state index is 0.0443. The molecule has 3 aromatic rings. The molecule has 0 bridgehead atoms. The van der Waals surface area contributed by atoms with Gasteiger partial charge in [-0.3, -0.25) is 9.59 Å². The largest absolute Gasteiger partial charge is 0.335 e. The van der Waals surface area contributed by atoms with E-state index < -0.39 is 11.7 Å². The Morgan fingerprint density at radius 2 is 1.53 bits per heavy atom. The molecule has 1 aliphatic rings. The Labute approximate surface area is 179 Å². The summed E-state index contributed by atoms with van der Waals surface area (Å²) >= 11 is 5.90. The zero-order chi connectivity index (χ0) is 21.3. The van der Waals surface area contributed by atoms with E-state index in [1.165, 1.54) is 18.2 Å². The Balaban J connectivity index is 1.45. The van der Waals surface area contributed by atoms with Crippen LogP contribution in [0.1, 0.15) is 26.3 Å². The highest BCUT2D eigenvalue weighted by molar-refractivity contribution is 6.31. The minimum atomic E-state index is -0.597. The molecule has 1 fully saturated rings. The number of carbonyl (C=O) groups excluding carboxylic acids is 2. The zero-order valence-electron chi connectivity index (χ0n) is 16.5. The fourth-order valence-electron chi connectivity index (χ4n) is 3.64. The van der Waals surface area contributed by atoms with Gasteiger partial charge in [-0.2, -0.15) is 0 Å². The van der Waals surface area contributed by atoms with Gasteiger partial charge in [0.15, 0.2) is 0 Å². The first-order valence-corrected chi connectivity index (χ1v) is 10.1. The van der Waals surface area contributed by atoms with Crippen LogP contribution >= 0.6 is 11.6 Å². The molecular weight excluding hydrogens is 405 g/mol. The van der Waals surface area contributed by atoms with Crippen LogP contribution in [0.15, 0.2) is 60.9 Å². The lowest BCUT2D eigenvalue weighted by molar-refractivity contribution is 0.0533. The number of halogens is 2. The second-order valence-electron chi connectivity index (χ2n) is 7.30. The number of piperazine rings is 1. The summed E-state index contributed by atoms with van der Waals surface area (Å²) in [6, 6.07) is 13.5. The molecule has 5 nitrogen and oxygen atoms in total. The summed E-state index contributed by atoms with van der Waals surface area (Å²) in [4.78, 5) is 28.9. The number of benzene rings is 2. The Morgan fingerprint density at radius 3 is 2.20 bits per heavy atom. The third-order valence-electron chi connectivity index (χ3n) is 5.35. The maximum atomic E-state index is 14.0. The normalized spacial score (nSPS) is 14.1. The summed E-state index contributed by atoms with van der Waals surface area (Å²) in [5.74, 6) is -1.09. The van der Waals surface area contributed by atoms with Crippen molar-refractivity contribution in [3.63, 3.8) is 0 Å². The highest BCUT2D eigenvalue weighted by atomic mass is 35.5.